The Morgan fingerprint density at radius 2 is 1.90 bits per heavy atom. The summed E-state index contributed by atoms with van der Waals surface area (Å²) in [6, 6.07) is 12.4. The third-order valence-corrected chi connectivity index (χ3v) is 5.67. The summed E-state index contributed by atoms with van der Waals surface area (Å²) in [6.07, 6.45) is 13.7. The van der Waals surface area contributed by atoms with Crippen LogP contribution in [0.25, 0.3) is 17.1 Å². The molecule has 2 aliphatic rings. The number of fused-ring (bicyclic) bond motifs is 5. The summed E-state index contributed by atoms with van der Waals surface area (Å²) in [5, 5.41) is 0. The maximum Gasteiger partial charge on any atom is 0.0890 e. The highest BCUT2D eigenvalue weighted by Gasteiger charge is 2.20. The predicted octanol–water partition coefficient (Wildman–Crippen LogP) is 5.47. The Labute approximate surface area is 171 Å². The van der Waals surface area contributed by atoms with Crippen LogP contribution in [0.3, 0.4) is 0 Å². The molecular weight excluding hydrogens is 356 g/mol. The molecule has 144 valence electrons. The zero-order valence-electron chi connectivity index (χ0n) is 16.7. The summed E-state index contributed by atoms with van der Waals surface area (Å²) < 4.78 is 0. The Bertz CT molecular complexity index is 1160. The van der Waals surface area contributed by atoms with Gasteiger partial charge in [0, 0.05) is 28.8 Å². The van der Waals surface area contributed by atoms with Crippen molar-refractivity contribution in [2.45, 2.75) is 39.0 Å². The number of allylic oxidation sites excluding steroid dienone is 3. The Kier molecular flexibility index (Phi) is 4.76. The molecule has 0 spiro atoms. The largest absolute Gasteiger partial charge is 0.257 e. The molecule has 1 atom stereocenters. The second-order valence-electron chi connectivity index (χ2n) is 7.89. The lowest BCUT2D eigenvalue weighted by molar-refractivity contribution is 0.605. The van der Waals surface area contributed by atoms with Crippen LogP contribution in [-0.2, 0) is 6.42 Å². The number of aliphatic imine (C=N–C) groups is 1. The zero-order valence-corrected chi connectivity index (χ0v) is 16.7. The van der Waals surface area contributed by atoms with Gasteiger partial charge in [0.15, 0.2) is 0 Å². The van der Waals surface area contributed by atoms with Crippen molar-refractivity contribution in [3.05, 3.63) is 83.1 Å². The normalized spacial score (nSPS) is 19.4. The summed E-state index contributed by atoms with van der Waals surface area (Å²) in [5.41, 5.74) is 8.60. The van der Waals surface area contributed by atoms with E-state index >= 15 is 0 Å². The number of hydrogen-bond acceptors (Lipinski definition) is 4. The Hall–Kier alpha value is -3.14. The third-order valence-electron chi connectivity index (χ3n) is 5.67. The van der Waals surface area contributed by atoms with Crippen LogP contribution in [0.2, 0.25) is 0 Å². The first-order valence-corrected chi connectivity index (χ1v) is 10.4. The van der Waals surface area contributed by atoms with Crippen molar-refractivity contribution in [1.29, 1.82) is 0 Å². The highest BCUT2D eigenvalue weighted by Crippen LogP contribution is 2.29. The maximum atomic E-state index is 5.04. The average Bonchev–Trinajstić information content (AvgIpc) is 2.80. The quantitative estimate of drug-likeness (QED) is 0.606. The molecule has 3 aromatic rings. The van der Waals surface area contributed by atoms with Gasteiger partial charge in [-0.05, 0) is 87.4 Å². The second kappa shape index (κ2) is 7.70. The predicted molar refractivity (Wildman–Crippen MR) is 118 cm³/mol. The van der Waals surface area contributed by atoms with Gasteiger partial charge in [0.05, 0.1) is 22.4 Å². The van der Waals surface area contributed by atoms with Gasteiger partial charge in [-0.2, -0.15) is 0 Å². The van der Waals surface area contributed by atoms with Crippen LogP contribution < -0.4 is 0 Å². The van der Waals surface area contributed by atoms with E-state index in [1.807, 2.05) is 25.3 Å². The molecule has 1 unspecified atom stereocenters. The molecule has 5 rings (SSSR count). The van der Waals surface area contributed by atoms with Crippen LogP contribution in [0.1, 0.15) is 48.3 Å². The van der Waals surface area contributed by atoms with Crippen molar-refractivity contribution in [2.24, 2.45) is 10.9 Å². The van der Waals surface area contributed by atoms with Gasteiger partial charge in [-0.3, -0.25) is 19.9 Å². The van der Waals surface area contributed by atoms with Crippen LogP contribution in [0.15, 0.2) is 65.4 Å². The van der Waals surface area contributed by atoms with E-state index in [1.54, 1.807) is 0 Å². The summed E-state index contributed by atoms with van der Waals surface area (Å²) >= 11 is 0. The summed E-state index contributed by atoms with van der Waals surface area (Å²) in [7, 11) is 0. The van der Waals surface area contributed by atoms with E-state index in [1.165, 1.54) is 17.0 Å². The Balaban J connectivity index is 1.40. The van der Waals surface area contributed by atoms with Crippen molar-refractivity contribution in [3.8, 4) is 0 Å². The molecule has 2 bridgehead atoms. The van der Waals surface area contributed by atoms with E-state index in [4.69, 9.17) is 9.98 Å². The van der Waals surface area contributed by atoms with E-state index < -0.39 is 0 Å². The fourth-order valence-electron chi connectivity index (χ4n) is 4.18. The molecule has 0 N–H and O–H groups in total. The van der Waals surface area contributed by atoms with Crippen LogP contribution in [0, 0.1) is 12.8 Å². The minimum absolute atomic E-state index is 0.546. The minimum Gasteiger partial charge on any atom is -0.257 e. The molecule has 4 nitrogen and oxygen atoms in total. The topological polar surface area (TPSA) is 51.0 Å². The Morgan fingerprint density at radius 1 is 1.00 bits per heavy atom. The molecule has 4 heterocycles. The van der Waals surface area contributed by atoms with Gasteiger partial charge in [-0.1, -0.05) is 12.2 Å². The lowest BCUT2D eigenvalue weighted by atomic mass is 9.90. The molecule has 0 radical (unpaired) electrons. The van der Waals surface area contributed by atoms with Crippen LogP contribution in [0.5, 0.6) is 0 Å². The van der Waals surface area contributed by atoms with Crippen LogP contribution in [0.4, 0.5) is 0 Å². The van der Waals surface area contributed by atoms with Crippen molar-refractivity contribution in [1.82, 2.24) is 15.0 Å². The average molecular weight is 380 g/mol. The van der Waals surface area contributed by atoms with E-state index in [0.29, 0.717) is 5.92 Å². The molecule has 1 aliphatic carbocycles. The molecule has 1 aliphatic heterocycles. The van der Waals surface area contributed by atoms with Gasteiger partial charge in [0.1, 0.15) is 0 Å². The van der Waals surface area contributed by atoms with Crippen LogP contribution in [-0.4, -0.2) is 20.7 Å². The second-order valence-corrected chi connectivity index (χ2v) is 7.89. The van der Waals surface area contributed by atoms with Gasteiger partial charge in [0.2, 0.25) is 0 Å². The highest BCUT2D eigenvalue weighted by atomic mass is 14.8. The van der Waals surface area contributed by atoms with Gasteiger partial charge in [-0.25, -0.2) is 0 Å². The molecular formula is C25H24N4. The molecule has 29 heavy (non-hydrogen) atoms. The van der Waals surface area contributed by atoms with Crippen LogP contribution >= 0.6 is 0 Å². The van der Waals surface area contributed by atoms with Gasteiger partial charge < -0.3 is 0 Å². The standard InChI is InChI=1S/C25H24N4/c1-17-8-12-24-23(27-17)13-11-19(28-24)9-10-20-15-18-5-2-3-7-22-21(6-4-14-26-22)25(16-18)29-20/h3-4,6-8,11-15,18H,2,5,9-10,16H2,1H3/b7-3-. The number of hydrogen-bond donors (Lipinski definition) is 0. The third kappa shape index (κ3) is 3.88. The van der Waals surface area contributed by atoms with Crippen molar-refractivity contribution >= 4 is 22.8 Å². The summed E-state index contributed by atoms with van der Waals surface area (Å²) in [5.74, 6) is 0.546. The number of pyridine rings is 3. The smallest absolute Gasteiger partial charge is 0.0890 e. The molecule has 0 saturated carbocycles. The number of aromatic nitrogens is 3. The van der Waals surface area contributed by atoms with E-state index in [9.17, 15) is 0 Å². The monoisotopic (exact) mass is 380 g/mol. The number of nitrogens with zero attached hydrogens (tertiary/aromatic N) is 4. The van der Waals surface area contributed by atoms with Crippen molar-refractivity contribution < 1.29 is 0 Å². The van der Waals surface area contributed by atoms with Gasteiger partial charge in [0.25, 0.3) is 0 Å². The summed E-state index contributed by atoms with van der Waals surface area (Å²) in [6.45, 7) is 2.01. The molecule has 0 aromatic carbocycles. The first-order chi connectivity index (χ1) is 14.2. The lowest BCUT2D eigenvalue weighted by Gasteiger charge is -2.21. The molecule has 4 heteroatoms. The van der Waals surface area contributed by atoms with Crippen molar-refractivity contribution in [2.75, 3.05) is 0 Å². The fraction of sp³-hybridized carbons (Fsp3) is 0.280. The maximum absolute atomic E-state index is 5.04. The fourth-order valence-corrected chi connectivity index (χ4v) is 4.18. The van der Waals surface area contributed by atoms with E-state index in [0.717, 1.165) is 60.2 Å². The molecule has 3 aromatic heterocycles. The minimum atomic E-state index is 0.546. The first-order valence-electron chi connectivity index (χ1n) is 10.4. The number of aryl methyl sites for hydroxylation is 2. The Morgan fingerprint density at radius 3 is 2.86 bits per heavy atom. The highest BCUT2D eigenvalue weighted by molar-refractivity contribution is 6.04. The van der Waals surface area contributed by atoms with Crippen molar-refractivity contribution in [3.63, 3.8) is 0 Å². The molecule has 0 saturated heterocycles. The molecule has 0 amide bonds. The summed E-state index contributed by atoms with van der Waals surface area (Å²) in [4.78, 5) is 18.9. The van der Waals surface area contributed by atoms with Gasteiger partial charge in [-0.15, -0.1) is 0 Å². The van der Waals surface area contributed by atoms with E-state index in [2.05, 4.69) is 52.5 Å². The zero-order chi connectivity index (χ0) is 19.6. The first kappa shape index (κ1) is 17.9. The number of rotatable bonds is 3. The molecule has 0 fully saturated rings. The lowest BCUT2D eigenvalue weighted by Crippen LogP contribution is -2.15. The van der Waals surface area contributed by atoms with E-state index in [-0.39, 0.29) is 0 Å². The van der Waals surface area contributed by atoms with Gasteiger partial charge >= 0.3 is 0 Å². The SMILES string of the molecule is Cc1ccc2nc(CCC3=CC4CC/C=C\c5ncccc5C(=N3)C4)ccc2n1.